The number of aliphatic hydroxyl groups excluding tert-OH is 1. The first-order valence-corrected chi connectivity index (χ1v) is 14.8. The molecule has 0 fully saturated rings. The smallest absolute Gasteiger partial charge is 0.252 e. The molecule has 44 heavy (non-hydrogen) atoms. The molecule has 2 aliphatic rings. The summed E-state index contributed by atoms with van der Waals surface area (Å²) in [5.41, 5.74) is 1.92. The molecule has 10 heteroatoms. The standard InChI is InChI=1S/C34H40N4O6/c1-22(2)18-28-32(41)37-30(34(43)38(3)16-17-39)20-24-12-14-26(15-13-24)44-27-11-7-10-25(21-27)31(40)35-29(33(42)36-28)19-23-8-5-4-6-9-23/h4-15,21-22,28-30,39H,16-20H2,1-3H3,(H,35,40)(H,36,42)(H,37,41)/t28-,29+,30-/m0/s1. The van der Waals surface area contributed by atoms with Gasteiger partial charge >= 0.3 is 0 Å². The molecule has 3 atom stereocenters. The summed E-state index contributed by atoms with van der Waals surface area (Å²) in [5, 5.41) is 18.0. The largest absolute Gasteiger partial charge is 0.457 e. The van der Waals surface area contributed by atoms with Crippen molar-refractivity contribution in [3.8, 4) is 11.5 Å². The van der Waals surface area contributed by atoms with Crippen LogP contribution in [0, 0.1) is 5.92 Å². The van der Waals surface area contributed by atoms with Crippen molar-refractivity contribution in [2.24, 2.45) is 5.92 Å². The molecule has 0 unspecified atom stereocenters. The van der Waals surface area contributed by atoms with Gasteiger partial charge in [0.25, 0.3) is 5.91 Å². The second-order valence-corrected chi connectivity index (χ2v) is 11.4. The normalized spacial score (nSPS) is 19.2. The van der Waals surface area contributed by atoms with Crippen LogP contribution in [0.25, 0.3) is 0 Å². The van der Waals surface area contributed by atoms with E-state index in [0.29, 0.717) is 23.5 Å². The number of carbonyl (C=O) groups is 4. The van der Waals surface area contributed by atoms with E-state index in [-0.39, 0.29) is 37.8 Å². The molecule has 3 aromatic rings. The predicted molar refractivity (Wildman–Crippen MR) is 166 cm³/mol. The minimum Gasteiger partial charge on any atom is -0.457 e. The lowest BCUT2D eigenvalue weighted by Crippen LogP contribution is -2.58. The van der Waals surface area contributed by atoms with Gasteiger partial charge in [-0.25, -0.2) is 0 Å². The number of nitrogens with zero attached hydrogens (tertiary/aromatic N) is 1. The zero-order valence-corrected chi connectivity index (χ0v) is 25.3. The Kier molecular flexibility index (Phi) is 11.1. The van der Waals surface area contributed by atoms with Gasteiger partial charge in [-0.15, -0.1) is 0 Å². The number of nitrogens with one attached hydrogen (secondary N) is 3. The van der Waals surface area contributed by atoms with Crippen LogP contribution >= 0.6 is 0 Å². The molecule has 4 N–H and O–H groups in total. The summed E-state index contributed by atoms with van der Waals surface area (Å²) in [6.07, 6.45) is 0.694. The number of fused-ring (bicyclic) bond motifs is 11. The molecule has 2 heterocycles. The van der Waals surface area contributed by atoms with Crippen molar-refractivity contribution in [3.63, 3.8) is 0 Å². The van der Waals surface area contributed by atoms with Crippen LogP contribution in [0.2, 0.25) is 0 Å². The van der Waals surface area contributed by atoms with Crippen LogP contribution in [0.1, 0.15) is 41.8 Å². The summed E-state index contributed by atoms with van der Waals surface area (Å²) in [7, 11) is 1.56. The van der Waals surface area contributed by atoms with Crippen LogP contribution in [0.5, 0.6) is 11.5 Å². The van der Waals surface area contributed by atoms with Gasteiger partial charge in [-0.05, 0) is 53.8 Å². The van der Waals surface area contributed by atoms with Crippen molar-refractivity contribution in [1.82, 2.24) is 20.9 Å². The molecule has 0 aliphatic carbocycles. The average molecular weight is 601 g/mol. The van der Waals surface area contributed by atoms with Gasteiger partial charge in [-0.1, -0.05) is 62.4 Å². The SMILES string of the molecule is CC(C)C[C@@H]1NC(=O)[C@@H](Cc2ccccc2)NC(=O)c2cccc(c2)Oc2ccc(cc2)C[C@@H](C(=O)N(C)CCO)NC1=O. The van der Waals surface area contributed by atoms with Crippen molar-refractivity contribution in [2.75, 3.05) is 20.2 Å². The van der Waals surface area contributed by atoms with Crippen molar-refractivity contribution in [2.45, 2.75) is 51.2 Å². The molecule has 5 rings (SSSR count). The molecule has 232 valence electrons. The predicted octanol–water partition coefficient (Wildman–Crippen LogP) is 2.84. The third kappa shape index (κ3) is 8.90. The van der Waals surface area contributed by atoms with E-state index in [2.05, 4.69) is 16.0 Å². The zero-order chi connectivity index (χ0) is 31.6. The summed E-state index contributed by atoms with van der Waals surface area (Å²) in [4.78, 5) is 55.7. The Morgan fingerprint density at radius 2 is 1.59 bits per heavy atom. The molecule has 10 nitrogen and oxygen atoms in total. The maximum Gasteiger partial charge on any atom is 0.252 e. The van der Waals surface area contributed by atoms with Crippen molar-refractivity contribution >= 4 is 23.6 Å². The molecule has 0 saturated heterocycles. The second kappa shape index (κ2) is 15.2. The summed E-state index contributed by atoms with van der Waals surface area (Å²) in [5.74, 6) is -0.873. The highest BCUT2D eigenvalue weighted by molar-refractivity contribution is 5.99. The van der Waals surface area contributed by atoms with Crippen LogP contribution in [0.15, 0.2) is 78.9 Å². The Balaban J connectivity index is 1.73. The fourth-order valence-electron chi connectivity index (χ4n) is 5.04. The number of carbonyl (C=O) groups excluding carboxylic acids is 4. The van der Waals surface area contributed by atoms with Crippen LogP contribution in [-0.2, 0) is 27.2 Å². The second-order valence-electron chi connectivity index (χ2n) is 11.4. The van der Waals surface area contributed by atoms with Gasteiger partial charge in [0.05, 0.1) is 6.61 Å². The number of hydrogen-bond donors (Lipinski definition) is 4. The van der Waals surface area contributed by atoms with Gasteiger partial charge in [0.1, 0.15) is 29.6 Å². The third-order valence-corrected chi connectivity index (χ3v) is 7.37. The Morgan fingerprint density at radius 1 is 0.886 bits per heavy atom. The minimum atomic E-state index is -0.990. The average Bonchev–Trinajstić information content (AvgIpc) is 3.00. The van der Waals surface area contributed by atoms with Crippen molar-refractivity contribution < 1.29 is 29.0 Å². The molecule has 2 aliphatic heterocycles. The van der Waals surface area contributed by atoms with Gasteiger partial charge in [0.15, 0.2) is 0 Å². The van der Waals surface area contributed by atoms with E-state index >= 15 is 0 Å². The van der Waals surface area contributed by atoms with E-state index < -0.39 is 35.8 Å². The van der Waals surface area contributed by atoms with Crippen molar-refractivity contribution in [1.29, 1.82) is 0 Å². The van der Waals surface area contributed by atoms with E-state index in [0.717, 1.165) is 11.1 Å². The van der Waals surface area contributed by atoms with Gasteiger partial charge in [0.2, 0.25) is 17.7 Å². The number of ether oxygens (including phenoxy) is 1. The lowest BCUT2D eigenvalue weighted by molar-refractivity contribution is -0.137. The number of rotatable bonds is 7. The van der Waals surface area contributed by atoms with E-state index in [1.807, 2.05) is 44.2 Å². The highest BCUT2D eigenvalue weighted by Crippen LogP contribution is 2.24. The highest BCUT2D eigenvalue weighted by Gasteiger charge is 2.31. The minimum absolute atomic E-state index is 0.0348. The molecule has 3 aromatic carbocycles. The number of amides is 4. The Labute approximate surface area is 257 Å². The highest BCUT2D eigenvalue weighted by atomic mass is 16.5. The molecule has 4 bridgehead atoms. The monoisotopic (exact) mass is 600 g/mol. The van der Waals surface area contributed by atoms with Crippen LogP contribution < -0.4 is 20.7 Å². The molecular weight excluding hydrogens is 560 g/mol. The lowest BCUT2D eigenvalue weighted by Gasteiger charge is -2.28. The van der Waals surface area contributed by atoms with Crippen LogP contribution in [-0.4, -0.2) is 72.0 Å². The van der Waals surface area contributed by atoms with Crippen molar-refractivity contribution in [3.05, 3.63) is 95.6 Å². The third-order valence-electron chi connectivity index (χ3n) is 7.37. The number of benzene rings is 3. The molecule has 0 radical (unpaired) electrons. The first-order chi connectivity index (χ1) is 21.1. The maximum absolute atomic E-state index is 13.8. The molecule has 0 saturated carbocycles. The molecule has 0 aromatic heterocycles. The quantitative estimate of drug-likeness (QED) is 0.308. The Morgan fingerprint density at radius 3 is 2.27 bits per heavy atom. The number of hydrogen-bond acceptors (Lipinski definition) is 6. The summed E-state index contributed by atoms with van der Waals surface area (Å²) >= 11 is 0. The van der Waals surface area contributed by atoms with E-state index in [4.69, 9.17) is 4.74 Å². The number of aliphatic hydroxyl groups is 1. The molecular formula is C34H40N4O6. The summed E-state index contributed by atoms with van der Waals surface area (Å²) in [6.45, 7) is 3.74. The summed E-state index contributed by atoms with van der Waals surface area (Å²) in [6, 6.07) is 20.2. The van der Waals surface area contributed by atoms with E-state index in [1.165, 1.54) is 4.90 Å². The van der Waals surface area contributed by atoms with Gasteiger partial charge in [0, 0.05) is 32.0 Å². The van der Waals surface area contributed by atoms with Gasteiger partial charge < -0.3 is 30.7 Å². The molecule has 0 spiro atoms. The molecule has 4 amide bonds. The topological polar surface area (TPSA) is 137 Å². The van der Waals surface area contributed by atoms with Crippen LogP contribution in [0.3, 0.4) is 0 Å². The Bertz CT molecular complexity index is 1440. The van der Waals surface area contributed by atoms with Crippen LogP contribution in [0.4, 0.5) is 0 Å². The maximum atomic E-state index is 13.8. The fraction of sp³-hybridized carbons (Fsp3) is 0.353. The zero-order valence-electron chi connectivity index (χ0n) is 25.3. The Hall–Kier alpha value is -4.70. The lowest BCUT2D eigenvalue weighted by atomic mass is 9.99. The summed E-state index contributed by atoms with van der Waals surface area (Å²) < 4.78 is 5.99. The first kappa shape index (κ1) is 32.2. The fourth-order valence-corrected chi connectivity index (χ4v) is 5.04. The van der Waals surface area contributed by atoms with Gasteiger partial charge in [-0.2, -0.15) is 0 Å². The van der Waals surface area contributed by atoms with E-state index in [1.54, 1.807) is 55.6 Å². The van der Waals surface area contributed by atoms with E-state index in [9.17, 15) is 24.3 Å². The number of likely N-dealkylation sites (N-methyl/N-ethyl adjacent to an activating group) is 1. The first-order valence-electron chi connectivity index (χ1n) is 14.8. The van der Waals surface area contributed by atoms with Gasteiger partial charge in [-0.3, -0.25) is 19.2 Å².